The van der Waals surface area contributed by atoms with Crippen LogP contribution < -0.4 is 0 Å². The van der Waals surface area contributed by atoms with Gasteiger partial charge in [0.2, 0.25) is 0 Å². The Morgan fingerprint density at radius 2 is 1.47 bits per heavy atom. The van der Waals surface area contributed by atoms with Gasteiger partial charge >= 0.3 is 0 Å². The molecule has 0 saturated heterocycles. The molecule has 4 N–H and O–H groups in total. The number of allylic oxidation sites excluding steroid dienone is 2. The number of hydrogen-bond acceptors (Lipinski definition) is 4. The van der Waals surface area contributed by atoms with Crippen LogP contribution in [0.4, 0.5) is 0 Å². The monoisotopic (exact) mass is 474 g/mol. The van der Waals surface area contributed by atoms with E-state index < -0.39 is 23.7 Å². The smallest absolute Gasteiger partial charge is 0.0863 e. The number of hydrogen-bond donors (Lipinski definition) is 4. The summed E-state index contributed by atoms with van der Waals surface area (Å²) < 4.78 is 0. The van der Waals surface area contributed by atoms with E-state index in [4.69, 9.17) is 0 Å². The molecule has 0 unspecified atom stereocenters. The quantitative estimate of drug-likeness (QED) is 0.399. The molecule has 0 spiro atoms. The standard InChI is InChI=1S/C30H50O4/c1-25(2)16-19-18-8-9-21-27(4)12-11-22(32)28(5,17-31)20(27)10-13-30(21,7)29(18,6)15-14-26(19,3)24(34)23(25)33/h8,19-24,31-34H,9-17H2,1-7H3/t19-,20+,21+,22-,23+,24+,26+,27-,28+,29+,30+/m0/s1. The third-order valence-corrected chi connectivity index (χ3v) is 13.5. The van der Waals surface area contributed by atoms with Crippen molar-refractivity contribution in [2.45, 2.75) is 118 Å². The molecule has 34 heavy (non-hydrogen) atoms. The summed E-state index contributed by atoms with van der Waals surface area (Å²) in [5.74, 6) is 1.17. The molecule has 0 bridgehead atoms. The van der Waals surface area contributed by atoms with Crippen LogP contribution in [0.3, 0.4) is 0 Å². The molecule has 0 aliphatic heterocycles. The Hall–Kier alpha value is -0.420. The lowest BCUT2D eigenvalue weighted by atomic mass is 9.33. The van der Waals surface area contributed by atoms with Gasteiger partial charge in [0.1, 0.15) is 0 Å². The third kappa shape index (κ3) is 2.81. The summed E-state index contributed by atoms with van der Waals surface area (Å²) in [4.78, 5) is 0. The van der Waals surface area contributed by atoms with Crippen molar-refractivity contribution in [3.8, 4) is 0 Å². The Balaban J connectivity index is 1.58. The molecule has 0 aromatic heterocycles. The Morgan fingerprint density at radius 1 is 0.794 bits per heavy atom. The van der Waals surface area contributed by atoms with E-state index in [1.165, 1.54) is 0 Å². The largest absolute Gasteiger partial charge is 0.396 e. The molecule has 5 aliphatic carbocycles. The van der Waals surface area contributed by atoms with E-state index in [-0.39, 0.29) is 33.7 Å². The molecule has 0 aromatic carbocycles. The molecular weight excluding hydrogens is 424 g/mol. The van der Waals surface area contributed by atoms with Gasteiger partial charge in [0.15, 0.2) is 0 Å². The lowest BCUT2D eigenvalue weighted by Gasteiger charge is -2.72. The van der Waals surface area contributed by atoms with Crippen molar-refractivity contribution in [2.24, 2.45) is 50.2 Å². The molecule has 11 atom stereocenters. The van der Waals surface area contributed by atoms with Crippen LogP contribution in [-0.2, 0) is 0 Å². The maximum Gasteiger partial charge on any atom is 0.0863 e. The average Bonchev–Trinajstić information content (AvgIpc) is 2.77. The van der Waals surface area contributed by atoms with Crippen molar-refractivity contribution in [3.05, 3.63) is 11.6 Å². The molecule has 4 nitrogen and oxygen atoms in total. The summed E-state index contributed by atoms with van der Waals surface area (Å²) in [5.41, 5.74) is 0.920. The van der Waals surface area contributed by atoms with Gasteiger partial charge in [-0.2, -0.15) is 0 Å². The number of fused-ring (bicyclic) bond motifs is 7. The second kappa shape index (κ2) is 7.33. The van der Waals surface area contributed by atoms with E-state index in [0.717, 1.165) is 51.4 Å². The first-order valence-electron chi connectivity index (χ1n) is 14.0. The maximum atomic E-state index is 11.3. The molecule has 0 heterocycles. The maximum absolute atomic E-state index is 11.3. The van der Waals surface area contributed by atoms with Crippen molar-refractivity contribution in [1.29, 1.82) is 0 Å². The van der Waals surface area contributed by atoms with Gasteiger partial charge in [0, 0.05) is 10.8 Å². The minimum atomic E-state index is -0.685. The van der Waals surface area contributed by atoms with E-state index in [1.807, 2.05) is 0 Å². The predicted octanol–water partition coefficient (Wildman–Crippen LogP) is 5.08. The molecule has 5 aliphatic rings. The van der Waals surface area contributed by atoms with E-state index in [9.17, 15) is 20.4 Å². The summed E-state index contributed by atoms with van der Waals surface area (Å²) in [6.07, 6.45) is 8.79. The molecular formula is C30H50O4. The zero-order chi connectivity index (χ0) is 25.1. The lowest BCUT2D eigenvalue weighted by Crippen LogP contribution is -2.67. The average molecular weight is 475 g/mol. The molecule has 0 radical (unpaired) electrons. The summed E-state index contributed by atoms with van der Waals surface area (Å²) in [7, 11) is 0. The molecule has 4 fully saturated rings. The molecule has 4 heteroatoms. The predicted molar refractivity (Wildman–Crippen MR) is 135 cm³/mol. The van der Waals surface area contributed by atoms with Gasteiger partial charge in [-0.15, -0.1) is 0 Å². The van der Waals surface area contributed by atoms with Gasteiger partial charge in [-0.25, -0.2) is 0 Å². The van der Waals surface area contributed by atoms with E-state index in [1.54, 1.807) is 5.57 Å². The van der Waals surface area contributed by atoms with Crippen LogP contribution in [0.2, 0.25) is 0 Å². The number of aliphatic hydroxyl groups excluding tert-OH is 4. The van der Waals surface area contributed by atoms with Gasteiger partial charge in [-0.3, -0.25) is 0 Å². The van der Waals surface area contributed by atoms with Gasteiger partial charge in [-0.05, 0) is 90.8 Å². The molecule has 0 amide bonds. The first-order chi connectivity index (χ1) is 15.6. The SMILES string of the molecule is CC1(C)C[C@H]2C3=CC[C@@H]4[C@@]5(C)CC[C@H](O)[C@](C)(CO)[C@@H]5CC[C@@]4(C)[C@]3(C)CC[C@@]2(C)[C@H](O)[C@H]1O. The van der Waals surface area contributed by atoms with Crippen LogP contribution in [0.5, 0.6) is 0 Å². The topological polar surface area (TPSA) is 80.9 Å². The van der Waals surface area contributed by atoms with E-state index >= 15 is 0 Å². The number of aliphatic hydroxyl groups is 4. The third-order valence-electron chi connectivity index (χ3n) is 13.5. The normalized spacial score (nSPS) is 58.6. The van der Waals surface area contributed by atoms with Crippen molar-refractivity contribution in [1.82, 2.24) is 0 Å². The highest BCUT2D eigenvalue weighted by Crippen LogP contribution is 2.75. The zero-order valence-corrected chi connectivity index (χ0v) is 22.7. The highest BCUT2D eigenvalue weighted by molar-refractivity contribution is 5.34. The van der Waals surface area contributed by atoms with Gasteiger partial charge < -0.3 is 20.4 Å². The van der Waals surface area contributed by atoms with Crippen LogP contribution in [0.15, 0.2) is 11.6 Å². The zero-order valence-electron chi connectivity index (χ0n) is 22.7. The van der Waals surface area contributed by atoms with Crippen molar-refractivity contribution >= 4 is 0 Å². The minimum absolute atomic E-state index is 0.0614. The molecule has 0 aromatic rings. The Morgan fingerprint density at radius 3 is 2.12 bits per heavy atom. The first kappa shape index (κ1) is 25.2. The van der Waals surface area contributed by atoms with Gasteiger partial charge in [0.25, 0.3) is 0 Å². The van der Waals surface area contributed by atoms with Gasteiger partial charge in [0.05, 0.1) is 24.9 Å². The minimum Gasteiger partial charge on any atom is -0.396 e. The second-order valence-electron chi connectivity index (χ2n) is 15.2. The van der Waals surface area contributed by atoms with Crippen LogP contribution in [0, 0.1) is 50.2 Å². The van der Waals surface area contributed by atoms with Gasteiger partial charge in [-0.1, -0.05) is 60.1 Å². The van der Waals surface area contributed by atoms with Crippen LogP contribution in [0.25, 0.3) is 0 Å². The van der Waals surface area contributed by atoms with Crippen LogP contribution in [-0.4, -0.2) is 45.3 Å². The first-order valence-corrected chi connectivity index (χ1v) is 14.0. The summed E-state index contributed by atoms with van der Waals surface area (Å²) in [6.45, 7) is 16.2. The Labute approximate surface area is 207 Å². The highest BCUT2D eigenvalue weighted by atomic mass is 16.3. The summed E-state index contributed by atoms with van der Waals surface area (Å²) >= 11 is 0. The lowest BCUT2D eigenvalue weighted by molar-refractivity contribution is -0.225. The highest BCUT2D eigenvalue weighted by Gasteiger charge is 2.69. The molecule has 5 rings (SSSR count). The van der Waals surface area contributed by atoms with Crippen molar-refractivity contribution < 1.29 is 20.4 Å². The fraction of sp³-hybridized carbons (Fsp3) is 0.933. The van der Waals surface area contributed by atoms with Crippen molar-refractivity contribution in [3.63, 3.8) is 0 Å². The number of rotatable bonds is 1. The Bertz CT molecular complexity index is 881. The van der Waals surface area contributed by atoms with Crippen molar-refractivity contribution in [2.75, 3.05) is 6.61 Å². The van der Waals surface area contributed by atoms with Crippen LogP contribution >= 0.6 is 0 Å². The summed E-state index contributed by atoms with van der Waals surface area (Å²) in [6, 6.07) is 0. The van der Waals surface area contributed by atoms with E-state index in [0.29, 0.717) is 17.8 Å². The molecule has 4 saturated carbocycles. The fourth-order valence-corrected chi connectivity index (χ4v) is 10.7. The van der Waals surface area contributed by atoms with E-state index in [2.05, 4.69) is 54.5 Å². The second-order valence-corrected chi connectivity index (χ2v) is 15.2. The van der Waals surface area contributed by atoms with Crippen LogP contribution in [0.1, 0.15) is 99.8 Å². The molecule has 194 valence electrons. The fourth-order valence-electron chi connectivity index (χ4n) is 10.7. The Kier molecular flexibility index (Phi) is 5.44. The summed E-state index contributed by atoms with van der Waals surface area (Å²) in [5, 5.41) is 43.6.